The van der Waals surface area contributed by atoms with Gasteiger partial charge in [0.15, 0.2) is 0 Å². The van der Waals surface area contributed by atoms with Gasteiger partial charge in [-0.15, -0.1) is 11.3 Å². The highest BCUT2D eigenvalue weighted by Gasteiger charge is 2.29. The highest BCUT2D eigenvalue weighted by atomic mass is 32.1. The average Bonchev–Trinajstić information content (AvgIpc) is 2.54. The van der Waals surface area contributed by atoms with Crippen molar-refractivity contribution in [2.75, 3.05) is 6.61 Å². The normalized spacial score (nSPS) is 11.6. The van der Waals surface area contributed by atoms with Gasteiger partial charge in [0.1, 0.15) is 5.60 Å². The highest BCUT2D eigenvalue weighted by molar-refractivity contribution is 7.12. The molecule has 1 aromatic heterocycles. The van der Waals surface area contributed by atoms with Crippen LogP contribution >= 0.6 is 11.3 Å². The van der Waals surface area contributed by atoms with Crippen molar-refractivity contribution in [2.24, 2.45) is 0 Å². The fourth-order valence-electron chi connectivity index (χ4n) is 1.13. The minimum absolute atomic E-state index is 0.0596. The Bertz CT molecular complexity index is 275. The lowest BCUT2D eigenvalue weighted by Gasteiger charge is -2.21. The first-order chi connectivity index (χ1) is 6.08. The molecule has 0 bridgehead atoms. The predicted octanol–water partition coefficient (Wildman–Crippen LogP) is 2.75. The number of carbonyl (C=O) groups excluding carboxylic acids is 1. The molecule has 13 heavy (non-hydrogen) atoms. The van der Waals surface area contributed by atoms with Gasteiger partial charge in [-0.1, -0.05) is 6.07 Å². The largest absolute Gasteiger partial charge is 0.368 e. The minimum atomic E-state index is -0.695. The molecule has 0 aliphatic carbocycles. The molecular formula is C10H14O2S. The zero-order chi connectivity index (χ0) is 9.90. The highest BCUT2D eigenvalue weighted by Crippen LogP contribution is 2.20. The summed E-state index contributed by atoms with van der Waals surface area (Å²) in [5, 5.41) is 1.90. The lowest BCUT2D eigenvalue weighted by Crippen LogP contribution is -2.34. The standard InChI is InChI=1S/C10H14O2S/c1-4-12-10(2,3)9(11)8-6-5-7-13-8/h5-7H,4H2,1-3H3. The fourth-order valence-corrected chi connectivity index (χ4v) is 1.94. The number of ether oxygens (including phenoxy) is 1. The monoisotopic (exact) mass is 198 g/mol. The van der Waals surface area contributed by atoms with Crippen molar-refractivity contribution in [1.29, 1.82) is 0 Å². The molecule has 1 heterocycles. The number of Topliss-reactive ketones (excluding diaryl/α,β-unsaturated/α-hetero) is 1. The molecule has 0 saturated heterocycles. The van der Waals surface area contributed by atoms with E-state index in [0.29, 0.717) is 6.61 Å². The summed E-state index contributed by atoms with van der Waals surface area (Å²) < 4.78 is 5.37. The topological polar surface area (TPSA) is 26.3 Å². The summed E-state index contributed by atoms with van der Waals surface area (Å²) in [7, 11) is 0. The summed E-state index contributed by atoms with van der Waals surface area (Å²) in [6.45, 7) is 6.06. The van der Waals surface area contributed by atoms with E-state index in [1.807, 2.05) is 24.4 Å². The zero-order valence-corrected chi connectivity index (χ0v) is 8.98. The molecule has 2 nitrogen and oxygen atoms in total. The molecule has 0 unspecified atom stereocenters. The van der Waals surface area contributed by atoms with Gasteiger partial charge in [0.25, 0.3) is 0 Å². The molecule has 0 saturated carbocycles. The molecular weight excluding hydrogens is 184 g/mol. The smallest absolute Gasteiger partial charge is 0.203 e. The second-order valence-corrected chi connectivity index (χ2v) is 4.20. The summed E-state index contributed by atoms with van der Waals surface area (Å²) >= 11 is 1.45. The van der Waals surface area contributed by atoms with E-state index < -0.39 is 5.60 Å². The Balaban J connectivity index is 2.78. The maximum Gasteiger partial charge on any atom is 0.203 e. The van der Waals surface area contributed by atoms with Crippen LogP contribution in [0, 0.1) is 0 Å². The Labute approximate surface area is 82.5 Å². The van der Waals surface area contributed by atoms with E-state index in [9.17, 15) is 4.79 Å². The molecule has 0 aliphatic heterocycles. The average molecular weight is 198 g/mol. The molecule has 0 N–H and O–H groups in total. The lowest BCUT2D eigenvalue weighted by molar-refractivity contribution is 0.00159. The number of rotatable bonds is 4. The van der Waals surface area contributed by atoms with Crippen LogP contribution in [-0.4, -0.2) is 18.0 Å². The number of thiophene rings is 1. The number of ketones is 1. The molecule has 1 aromatic rings. The van der Waals surface area contributed by atoms with Crippen LogP contribution < -0.4 is 0 Å². The van der Waals surface area contributed by atoms with E-state index in [2.05, 4.69) is 0 Å². The summed E-state index contributed by atoms with van der Waals surface area (Å²) in [5.74, 6) is 0.0596. The Morgan fingerprint density at radius 2 is 2.31 bits per heavy atom. The summed E-state index contributed by atoms with van der Waals surface area (Å²) in [4.78, 5) is 12.6. The molecule has 0 amide bonds. The Kier molecular flexibility index (Phi) is 3.22. The van der Waals surface area contributed by atoms with Crippen LogP contribution in [0.15, 0.2) is 17.5 Å². The van der Waals surface area contributed by atoms with Crippen molar-refractivity contribution in [1.82, 2.24) is 0 Å². The van der Waals surface area contributed by atoms with Crippen LogP contribution in [0.1, 0.15) is 30.4 Å². The predicted molar refractivity (Wildman–Crippen MR) is 54.4 cm³/mol. The second-order valence-electron chi connectivity index (χ2n) is 3.25. The first-order valence-electron chi connectivity index (χ1n) is 4.30. The van der Waals surface area contributed by atoms with Crippen LogP contribution in [0.25, 0.3) is 0 Å². The Morgan fingerprint density at radius 1 is 1.62 bits per heavy atom. The molecule has 0 spiro atoms. The maximum atomic E-state index is 11.8. The van der Waals surface area contributed by atoms with E-state index >= 15 is 0 Å². The third-order valence-electron chi connectivity index (χ3n) is 1.80. The van der Waals surface area contributed by atoms with Crippen LogP contribution in [0.2, 0.25) is 0 Å². The first-order valence-corrected chi connectivity index (χ1v) is 5.18. The summed E-state index contributed by atoms with van der Waals surface area (Å²) in [6.07, 6.45) is 0. The van der Waals surface area contributed by atoms with E-state index in [1.54, 1.807) is 13.8 Å². The SMILES string of the molecule is CCOC(C)(C)C(=O)c1cccs1. The molecule has 0 fully saturated rings. The maximum absolute atomic E-state index is 11.8. The van der Waals surface area contributed by atoms with Crippen LogP contribution in [0.3, 0.4) is 0 Å². The van der Waals surface area contributed by atoms with Gasteiger partial charge in [0.2, 0.25) is 5.78 Å². The zero-order valence-electron chi connectivity index (χ0n) is 8.16. The van der Waals surface area contributed by atoms with E-state index in [4.69, 9.17) is 4.74 Å². The van der Waals surface area contributed by atoms with Gasteiger partial charge in [0, 0.05) is 6.61 Å². The van der Waals surface area contributed by atoms with Crippen LogP contribution in [-0.2, 0) is 4.74 Å². The number of carbonyl (C=O) groups is 1. The van der Waals surface area contributed by atoms with Crippen LogP contribution in [0.4, 0.5) is 0 Å². The number of hydrogen-bond donors (Lipinski definition) is 0. The van der Waals surface area contributed by atoms with Gasteiger partial charge in [-0.3, -0.25) is 4.79 Å². The Hall–Kier alpha value is -0.670. The quantitative estimate of drug-likeness (QED) is 0.695. The van der Waals surface area contributed by atoms with Crippen molar-refractivity contribution in [2.45, 2.75) is 26.4 Å². The second kappa shape index (κ2) is 4.03. The van der Waals surface area contributed by atoms with E-state index in [-0.39, 0.29) is 5.78 Å². The fraction of sp³-hybridized carbons (Fsp3) is 0.500. The van der Waals surface area contributed by atoms with Crippen molar-refractivity contribution in [3.63, 3.8) is 0 Å². The Morgan fingerprint density at radius 3 is 2.77 bits per heavy atom. The van der Waals surface area contributed by atoms with Gasteiger partial charge in [-0.25, -0.2) is 0 Å². The van der Waals surface area contributed by atoms with Gasteiger partial charge in [0.05, 0.1) is 4.88 Å². The molecule has 0 aliphatic rings. The van der Waals surface area contributed by atoms with Gasteiger partial charge >= 0.3 is 0 Å². The van der Waals surface area contributed by atoms with Crippen LogP contribution in [0.5, 0.6) is 0 Å². The molecule has 0 atom stereocenters. The van der Waals surface area contributed by atoms with E-state index in [0.717, 1.165) is 4.88 Å². The summed E-state index contributed by atoms with van der Waals surface area (Å²) in [5.41, 5.74) is -0.695. The van der Waals surface area contributed by atoms with E-state index in [1.165, 1.54) is 11.3 Å². The summed E-state index contributed by atoms with van der Waals surface area (Å²) in [6, 6.07) is 3.70. The minimum Gasteiger partial charge on any atom is -0.368 e. The molecule has 0 aromatic carbocycles. The third kappa shape index (κ3) is 2.39. The van der Waals surface area contributed by atoms with Gasteiger partial charge in [-0.2, -0.15) is 0 Å². The van der Waals surface area contributed by atoms with Crippen molar-refractivity contribution >= 4 is 17.1 Å². The van der Waals surface area contributed by atoms with Crippen molar-refractivity contribution in [3.05, 3.63) is 22.4 Å². The van der Waals surface area contributed by atoms with Crippen molar-refractivity contribution < 1.29 is 9.53 Å². The first kappa shape index (κ1) is 10.4. The molecule has 1 rings (SSSR count). The molecule has 72 valence electrons. The molecule has 3 heteroatoms. The number of hydrogen-bond acceptors (Lipinski definition) is 3. The van der Waals surface area contributed by atoms with Gasteiger partial charge < -0.3 is 4.74 Å². The van der Waals surface area contributed by atoms with Crippen molar-refractivity contribution in [3.8, 4) is 0 Å². The third-order valence-corrected chi connectivity index (χ3v) is 2.67. The lowest BCUT2D eigenvalue weighted by atomic mass is 10.0. The molecule has 0 radical (unpaired) electrons. The van der Waals surface area contributed by atoms with Gasteiger partial charge in [-0.05, 0) is 32.2 Å².